The number of fused-ring (bicyclic) bond motifs is 1. The minimum Gasteiger partial charge on any atom is -0.265 e. The van der Waals surface area contributed by atoms with Crippen molar-refractivity contribution in [1.29, 1.82) is 0 Å². The zero-order chi connectivity index (χ0) is 30.7. The maximum absolute atomic E-state index is 4.91. The minimum atomic E-state index is 0.646. The Balaban J connectivity index is 1.19. The van der Waals surface area contributed by atoms with E-state index >= 15 is 0 Å². The quantitative estimate of drug-likeness (QED) is 0.194. The molecule has 4 nitrogen and oxygen atoms in total. The van der Waals surface area contributed by atoms with Gasteiger partial charge >= 0.3 is 0 Å². The van der Waals surface area contributed by atoms with Gasteiger partial charge in [0.05, 0.1) is 0 Å². The molecule has 0 radical (unpaired) electrons. The second-order valence-corrected chi connectivity index (χ2v) is 11.2. The Kier molecular flexibility index (Phi) is 7.14. The Morgan fingerprint density at radius 2 is 0.739 bits per heavy atom. The van der Waals surface area contributed by atoms with E-state index in [1.807, 2.05) is 85.2 Å². The second kappa shape index (κ2) is 12.0. The van der Waals surface area contributed by atoms with Crippen molar-refractivity contribution in [2.45, 2.75) is 0 Å². The molecule has 0 unspecified atom stereocenters. The van der Waals surface area contributed by atoms with Crippen LogP contribution in [0.25, 0.3) is 78.3 Å². The van der Waals surface area contributed by atoms with Gasteiger partial charge in [-0.15, -0.1) is 0 Å². The molecule has 0 aliphatic heterocycles. The molecule has 0 aliphatic rings. The first kappa shape index (κ1) is 27.3. The molecule has 8 rings (SSSR count). The van der Waals surface area contributed by atoms with Crippen LogP contribution in [0.15, 0.2) is 170 Å². The van der Waals surface area contributed by atoms with Crippen LogP contribution >= 0.6 is 0 Å². The van der Waals surface area contributed by atoms with E-state index < -0.39 is 0 Å². The third-order valence-electron chi connectivity index (χ3n) is 8.25. The lowest BCUT2D eigenvalue weighted by molar-refractivity contribution is 1.07. The molecule has 6 aromatic carbocycles. The fraction of sp³-hybridized carbons (Fsp3) is 0. The van der Waals surface area contributed by atoms with Gasteiger partial charge in [-0.2, -0.15) is 0 Å². The monoisotopic (exact) mass is 588 g/mol. The highest BCUT2D eigenvalue weighted by atomic mass is 15.0. The molecule has 0 aliphatic carbocycles. The SMILES string of the molecule is c1ccc(-c2nc(-c3ccccc3)nc(-c3ccc(-c4cc(-c5ccc(-c6ccncc6)cc5)cc5ccccc45)cc3)n2)cc1. The Morgan fingerprint density at radius 3 is 1.33 bits per heavy atom. The lowest BCUT2D eigenvalue weighted by Gasteiger charge is -2.13. The van der Waals surface area contributed by atoms with Crippen LogP contribution < -0.4 is 0 Å². The molecule has 0 spiro atoms. The number of hydrogen-bond donors (Lipinski definition) is 0. The van der Waals surface area contributed by atoms with Crippen molar-refractivity contribution in [3.8, 4) is 67.5 Å². The molecular formula is C42H28N4. The average molecular weight is 589 g/mol. The lowest BCUT2D eigenvalue weighted by Crippen LogP contribution is -2.00. The number of rotatable bonds is 6. The van der Waals surface area contributed by atoms with Crippen molar-refractivity contribution in [2.75, 3.05) is 0 Å². The molecule has 216 valence electrons. The Morgan fingerprint density at radius 1 is 0.304 bits per heavy atom. The van der Waals surface area contributed by atoms with Crippen molar-refractivity contribution in [1.82, 2.24) is 19.9 Å². The third kappa shape index (κ3) is 5.44. The van der Waals surface area contributed by atoms with Gasteiger partial charge in [-0.25, -0.2) is 15.0 Å². The Bertz CT molecular complexity index is 2210. The fourth-order valence-electron chi connectivity index (χ4n) is 5.85. The van der Waals surface area contributed by atoms with Gasteiger partial charge in [0.1, 0.15) is 0 Å². The summed E-state index contributed by atoms with van der Waals surface area (Å²) in [7, 11) is 0. The molecule has 8 aromatic rings. The average Bonchev–Trinajstić information content (AvgIpc) is 3.15. The van der Waals surface area contributed by atoms with E-state index in [-0.39, 0.29) is 0 Å². The van der Waals surface area contributed by atoms with Crippen LogP contribution in [0.5, 0.6) is 0 Å². The van der Waals surface area contributed by atoms with E-state index in [2.05, 4.69) is 89.9 Å². The van der Waals surface area contributed by atoms with E-state index in [4.69, 9.17) is 15.0 Å². The largest absolute Gasteiger partial charge is 0.265 e. The number of nitrogens with zero attached hydrogens (tertiary/aromatic N) is 4. The summed E-state index contributed by atoms with van der Waals surface area (Å²) in [6.45, 7) is 0. The molecule has 0 saturated carbocycles. The van der Waals surface area contributed by atoms with Gasteiger partial charge in [0.15, 0.2) is 17.5 Å². The molecule has 2 heterocycles. The third-order valence-corrected chi connectivity index (χ3v) is 8.25. The van der Waals surface area contributed by atoms with Gasteiger partial charge in [0.25, 0.3) is 0 Å². The molecule has 0 saturated heterocycles. The maximum Gasteiger partial charge on any atom is 0.164 e. The molecule has 0 N–H and O–H groups in total. The van der Waals surface area contributed by atoms with E-state index in [1.54, 1.807) is 0 Å². The molecule has 46 heavy (non-hydrogen) atoms. The maximum atomic E-state index is 4.91. The highest BCUT2D eigenvalue weighted by Gasteiger charge is 2.13. The van der Waals surface area contributed by atoms with Crippen molar-refractivity contribution in [2.24, 2.45) is 0 Å². The topological polar surface area (TPSA) is 51.6 Å². The second-order valence-electron chi connectivity index (χ2n) is 11.2. The van der Waals surface area contributed by atoms with Crippen LogP contribution in [-0.4, -0.2) is 19.9 Å². The van der Waals surface area contributed by atoms with Crippen LogP contribution in [0.2, 0.25) is 0 Å². The van der Waals surface area contributed by atoms with Crippen LogP contribution in [0.3, 0.4) is 0 Å². The first-order valence-corrected chi connectivity index (χ1v) is 15.3. The van der Waals surface area contributed by atoms with Crippen molar-refractivity contribution >= 4 is 10.8 Å². The van der Waals surface area contributed by atoms with E-state index in [9.17, 15) is 0 Å². The van der Waals surface area contributed by atoms with Crippen LogP contribution in [0, 0.1) is 0 Å². The highest BCUT2D eigenvalue weighted by Crippen LogP contribution is 2.36. The van der Waals surface area contributed by atoms with E-state index in [1.165, 1.54) is 33.0 Å². The summed E-state index contributed by atoms with van der Waals surface area (Å²) in [5.74, 6) is 1.96. The van der Waals surface area contributed by atoms with Crippen LogP contribution in [-0.2, 0) is 0 Å². The summed E-state index contributed by atoms with van der Waals surface area (Å²) in [5, 5.41) is 2.42. The molecule has 4 heteroatoms. The predicted octanol–water partition coefficient (Wildman–Crippen LogP) is 10.4. The molecule has 0 amide bonds. The van der Waals surface area contributed by atoms with E-state index in [0.717, 1.165) is 27.8 Å². The number of benzene rings is 6. The first-order chi connectivity index (χ1) is 22.8. The zero-order valence-electron chi connectivity index (χ0n) is 25.0. The normalized spacial score (nSPS) is 11.0. The predicted molar refractivity (Wildman–Crippen MR) is 188 cm³/mol. The summed E-state index contributed by atoms with van der Waals surface area (Å²) < 4.78 is 0. The standard InChI is InChI=1S/C42H28N4/c1-3-9-33(10-4-1)40-44-41(34-11-5-2-6-12-34)46-42(45-40)35-21-19-32(20-22-35)39-28-37(27-36-13-7-8-14-38(36)39)30-17-15-29(16-18-30)31-23-25-43-26-24-31/h1-28H. The van der Waals surface area contributed by atoms with Gasteiger partial charge in [-0.1, -0.05) is 133 Å². The summed E-state index contributed by atoms with van der Waals surface area (Å²) in [5.41, 5.74) is 9.85. The Labute approximate surface area is 267 Å². The summed E-state index contributed by atoms with van der Waals surface area (Å²) in [4.78, 5) is 18.8. The number of aromatic nitrogens is 4. The van der Waals surface area contributed by atoms with Gasteiger partial charge < -0.3 is 0 Å². The van der Waals surface area contributed by atoms with Crippen molar-refractivity contribution < 1.29 is 0 Å². The van der Waals surface area contributed by atoms with Crippen molar-refractivity contribution in [3.63, 3.8) is 0 Å². The molecule has 0 atom stereocenters. The van der Waals surface area contributed by atoms with Crippen molar-refractivity contribution in [3.05, 3.63) is 170 Å². The minimum absolute atomic E-state index is 0.646. The van der Waals surface area contributed by atoms with Gasteiger partial charge in [0, 0.05) is 29.1 Å². The fourth-order valence-corrected chi connectivity index (χ4v) is 5.85. The van der Waals surface area contributed by atoms with Crippen LogP contribution in [0.1, 0.15) is 0 Å². The summed E-state index contributed by atoms with van der Waals surface area (Å²) >= 11 is 0. The molecule has 0 bridgehead atoms. The van der Waals surface area contributed by atoms with Gasteiger partial charge in [0.2, 0.25) is 0 Å². The first-order valence-electron chi connectivity index (χ1n) is 15.3. The van der Waals surface area contributed by atoms with Gasteiger partial charge in [-0.3, -0.25) is 4.98 Å². The van der Waals surface area contributed by atoms with Crippen LogP contribution in [0.4, 0.5) is 0 Å². The molecule has 0 fully saturated rings. The smallest absolute Gasteiger partial charge is 0.164 e. The lowest BCUT2D eigenvalue weighted by atomic mass is 9.92. The molecule has 2 aromatic heterocycles. The molecular weight excluding hydrogens is 560 g/mol. The summed E-state index contributed by atoms with van der Waals surface area (Å²) in [6, 6.07) is 54.7. The highest BCUT2D eigenvalue weighted by molar-refractivity contribution is 6.00. The zero-order valence-corrected chi connectivity index (χ0v) is 25.0. The number of pyridine rings is 1. The van der Waals surface area contributed by atoms with E-state index in [0.29, 0.717) is 17.5 Å². The Hall–Kier alpha value is -6.26. The van der Waals surface area contributed by atoms with Gasteiger partial charge in [-0.05, 0) is 68.4 Å². The summed E-state index contributed by atoms with van der Waals surface area (Å²) in [6.07, 6.45) is 3.66. The number of hydrogen-bond acceptors (Lipinski definition) is 4.